The standard InChI is InChI=1S/C10H21N3O3S/c1-4-11-10(14)13-7-5-9(6-8-13)12(2)17(3,15)16/h9H,4-8H2,1-3H3,(H,11,14). The molecule has 0 unspecified atom stereocenters. The molecule has 6 nitrogen and oxygen atoms in total. The quantitative estimate of drug-likeness (QED) is 0.783. The first kappa shape index (κ1) is 14.2. The minimum Gasteiger partial charge on any atom is -0.338 e. The number of piperidine rings is 1. The highest BCUT2D eigenvalue weighted by Gasteiger charge is 2.28. The Balaban J connectivity index is 2.49. The Morgan fingerprint density at radius 3 is 2.35 bits per heavy atom. The van der Waals surface area contributed by atoms with Gasteiger partial charge in [-0.1, -0.05) is 0 Å². The lowest BCUT2D eigenvalue weighted by molar-refractivity contribution is 0.164. The van der Waals surface area contributed by atoms with E-state index in [-0.39, 0.29) is 12.1 Å². The lowest BCUT2D eigenvalue weighted by Crippen LogP contribution is -2.49. The molecule has 0 aromatic heterocycles. The first-order valence-corrected chi connectivity index (χ1v) is 7.67. The molecule has 0 radical (unpaired) electrons. The average Bonchev–Trinajstić information content (AvgIpc) is 2.27. The van der Waals surface area contributed by atoms with Crippen molar-refractivity contribution in [3.63, 3.8) is 0 Å². The fourth-order valence-corrected chi connectivity index (χ4v) is 2.72. The smallest absolute Gasteiger partial charge is 0.317 e. The van der Waals surface area contributed by atoms with E-state index in [4.69, 9.17) is 0 Å². The summed E-state index contributed by atoms with van der Waals surface area (Å²) in [6, 6.07) is -0.0522. The average molecular weight is 263 g/mol. The number of rotatable bonds is 3. The summed E-state index contributed by atoms with van der Waals surface area (Å²) in [5.41, 5.74) is 0. The molecule has 7 heteroatoms. The van der Waals surface area contributed by atoms with Crippen LogP contribution in [0, 0.1) is 0 Å². The summed E-state index contributed by atoms with van der Waals surface area (Å²) in [5, 5.41) is 2.74. The fraction of sp³-hybridized carbons (Fsp3) is 0.900. The maximum atomic E-state index is 11.6. The normalized spacial score (nSPS) is 18.5. The Kier molecular flexibility index (Phi) is 4.76. The van der Waals surface area contributed by atoms with Crippen LogP contribution in [-0.2, 0) is 10.0 Å². The van der Waals surface area contributed by atoms with E-state index in [1.807, 2.05) is 6.92 Å². The van der Waals surface area contributed by atoms with E-state index in [0.29, 0.717) is 32.5 Å². The van der Waals surface area contributed by atoms with E-state index < -0.39 is 10.0 Å². The largest absolute Gasteiger partial charge is 0.338 e. The Bertz CT molecular complexity index is 361. The second-order valence-electron chi connectivity index (χ2n) is 4.33. The zero-order chi connectivity index (χ0) is 13.1. The topological polar surface area (TPSA) is 69.7 Å². The fourth-order valence-electron chi connectivity index (χ4n) is 1.97. The Morgan fingerprint density at radius 2 is 1.94 bits per heavy atom. The maximum absolute atomic E-state index is 11.6. The van der Waals surface area contributed by atoms with Crippen LogP contribution in [0.15, 0.2) is 0 Å². The van der Waals surface area contributed by atoms with Crippen molar-refractivity contribution in [2.24, 2.45) is 0 Å². The summed E-state index contributed by atoms with van der Waals surface area (Å²) >= 11 is 0. The Hall–Kier alpha value is -0.820. The zero-order valence-corrected chi connectivity index (χ0v) is 11.5. The number of nitrogens with one attached hydrogen (secondary N) is 1. The van der Waals surface area contributed by atoms with Crippen molar-refractivity contribution in [2.75, 3.05) is 32.9 Å². The summed E-state index contributed by atoms with van der Waals surface area (Å²) in [5.74, 6) is 0. The van der Waals surface area contributed by atoms with Crippen molar-refractivity contribution in [1.82, 2.24) is 14.5 Å². The first-order chi connectivity index (χ1) is 7.86. The molecule has 1 N–H and O–H groups in total. The summed E-state index contributed by atoms with van der Waals surface area (Å²) in [4.78, 5) is 13.3. The van der Waals surface area contributed by atoms with Crippen molar-refractivity contribution >= 4 is 16.1 Å². The van der Waals surface area contributed by atoms with Gasteiger partial charge in [-0.05, 0) is 19.8 Å². The predicted octanol–water partition coefficient (Wildman–Crippen LogP) is 0.0717. The Labute approximate surface area is 103 Å². The third-order valence-electron chi connectivity index (χ3n) is 3.12. The van der Waals surface area contributed by atoms with Gasteiger partial charge in [-0.2, -0.15) is 0 Å². The molecule has 1 rings (SSSR count). The molecule has 0 spiro atoms. The van der Waals surface area contributed by atoms with E-state index >= 15 is 0 Å². The van der Waals surface area contributed by atoms with Gasteiger partial charge in [0.25, 0.3) is 0 Å². The van der Waals surface area contributed by atoms with E-state index in [9.17, 15) is 13.2 Å². The van der Waals surface area contributed by atoms with E-state index in [1.165, 1.54) is 10.6 Å². The highest BCUT2D eigenvalue weighted by molar-refractivity contribution is 7.88. The summed E-state index contributed by atoms with van der Waals surface area (Å²) in [7, 11) is -1.54. The molecule has 100 valence electrons. The lowest BCUT2D eigenvalue weighted by Gasteiger charge is -2.35. The van der Waals surface area contributed by atoms with Crippen molar-refractivity contribution in [2.45, 2.75) is 25.8 Å². The summed E-state index contributed by atoms with van der Waals surface area (Å²) in [6.45, 7) is 3.71. The maximum Gasteiger partial charge on any atom is 0.317 e. The molecule has 0 bridgehead atoms. The number of urea groups is 1. The molecule has 0 aromatic rings. The molecule has 1 saturated heterocycles. The van der Waals surface area contributed by atoms with Crippen molar-refractivity contribution in [3.8, 4) is 0 Å². The minimum absolute atomic E-state index is 0.00989. The molecule has 0 saturated carbocycles. The van der Waals surface area contributed by atoms with Gasteiger partial charge in [-0.15, -0.1) is 0 Å². The van der Waals surface area contributed by atoms with Gasteiger partial charge in [0.2, 0.25) is 10.0 Å². The molecule has 2 amide bonds. The number of sulfonamides is 1. The highest BCUT2D eigenvalue weighted by Crippen LogP contribution is 2.17. The number of carbonyl (C=O) groups excluding carboxylic acids is 1. The van der Waals surface area contributed by atoms with Crippen molar-refractivity contribution in [3.05, 3.63) is 0 Å². The second kappa shape index (κ2) is 5.68. The molecule has 1 heterocycles. The van der Waals surface area contributed by atoms with Gasteiger partial charge in [0.1, 0.15) is 0 Å². The molecular formula is C10H21N3O3S. The van der Waals surface area contributed by atoms with Crippen LogP contribution >= 0.6 is 0 Å². The van der Waals surface area contributed by atoms with Crippen molar-refractivity contribution in [1.29, 1.82) is 0 Å². The van der Waals surface area contributed by atoms with Gasteiger partial charge in [-0.25, -0.2) is 17.5 Å². The van der Waals surface area contributed by atoms with Gasteiger partial charge in [0.05, 0.1) is 6.26 Å². The van der Waals surface area contributed by atoms with Gasteiger partial charge < -0.3 is 10.2 Å². The third kappa shape index (κ3) is 3.85. The molecule has 1 aliphatic heterocycles. The lowest BCUT2D eigenvalue weighted by atomic mass is 10.1. The number of likely N-dealkylation sites (tertiary alicyclic amines) is 1. The van der Waals surface area contributed by atoms with E-state index in [2.05, 4.69) is 5.32 Å². The Morgan fingerprint density at radius 1 is 1.41 bits per heavy atom. The van der Waals surface area contributed by atoms with Crippen LogP contribution in [0.5, 0.6) is 0 Å². The molecule has 0 aromatic carbocycles. The molecular weight excluding hydrogens is 242 g/mol. The van der Waals surface area contributed by atoms with Crippen LogP contribution in [0.1, 0.15) is 19.8 Å². The second-order valence-corrected chi connectivity index (χ2v) is 6.37. The predicted molar refractivity (Wildman–Crippen MR) is 66.3 cm³/mol. The molecule has 1 fully saturated rings. The van der Waals surface area contributed by atoms with Crippen LogP contribution < -0.4 is 5.32 Å². The van der Waals surface area contributed by atoms with Gasteiger partial charge in [0, 0.05) is 32.7 Å². The minimum atomic E-state index is -3.14. The van der Waals surface area contributed by atoms with Crippen LogP contribution in [0.2, 0.25) is 0 Å². The number of nitrogens with zero attached hydrogens (tertiary/aromatic N) is 2. The van der Waals surface area contributed by atoms with Gasteiger partial charge in [-0.3, -0.25) is 0 Å². The van der Waals surface area contributed by atoms with E-state index in [1.54, 1.807) is 11.9 Å². The monoisotopic (exact) mass is 263 g/mol. The molecule has 0 atom stereocenters. The summed E-state index contributed by atoms with van der Waals surface area (Å²) < 4.78 is 24.2. The summed E-state index contributed by atoms with van der Waals surface area (Å²) in [6.07, 6.45) is 2.60. The zero-order valence-electron chi connectivity index (χ0n) is 10.6. The van der Waals surface area contributed by atoms with Gasteiger partial charge >= 0.3 is 6.03 Å². The van der Waals surface area contributed by atoms with Gasteiger partial charge in [0.15, 0.2) is 0 Å². The van der Waals surface area contributed by atoms with Crippen LogP contribution in [0.25, 0.3) is 0 Å². The van der Waals surface area contributed by atoms with Crippen LogP contribution in [0.3, 0.4) is 0 Å². The number of amides is 2. The number of hydrogen-bond acceptors (Lipinski definition) is 3. The number of hydrogen-bond donors (Lipinski definition) is 1. The first-order valence-electron chi connectivity index (χ1n) is 5.82. The number of carbonyl (C=O) groups is 1. The van der Waals surface area contributed by atoms with Crippen molar-refractivity contribution < 1.29 is 13.2 Å². The molecule has 17 heavy (non-hydrogen) atoms. The van der Waals surface area contributed by atoms with E-state index in [0.717, 1.165) is 0 Å². The SMILES string of the molecule is CCNC(=O)N1CCC(N(C)S(C)(=O)=O)CC1. The molecule has 0 aliphatic carbocycles. The highest BCUT2D eigenvalue weighted by atomic mass is 32.2. The molecule has 1 aliphatic rings. The van der Waals surface area contributed by atoms with Crippen LogP contribution in [-0.4, -0.2) is 62.6 Å². The van der Waals surface area contributed by atoms with Crippen LogP contribution in [0.4, 0.5) is 4.79 Å². The third-order valence-corrected chi connectivity index (χ3v) is 4.46.